The lowest BCUT2D eigenvalue weighted by Gasteiger charge is -2.32. The zero-order chi connectivity index (χ0) is 18.9. The number of likely N-dealkylation sites (tertiary alicyclic amines) is 1. The second-order valence-electron chi connectivity index (χ2n) is 6.69. The number of hydrogen-bond donors (Lipinski definition) is 1. The minimum Gasteiger partial charge on any atom is -0.451 e. The Labute approximate surface area is 161 Å². The molecule has 1 aliphatic heterocycles. The molecular weight excluding hydrogens is 384 g/mol. The lowest BCUT2D eigenvalue weighted by atomic mass is 9.98. The van der Waals surface area contributed by atoms with Crippen LogP contribution >= 0.6 is 11.3 Å². The van der Waals surface area contributed by atoms with Gasteiger partial charge in [-0.2, -0.15) is 0 Å². The van der Waals surface area contributed by atoms with Crippen LogP contribution in [0, 0.1) is 5.92 Å². The summed E-state index contributed by atoms with van der Waals surface area (Å²) in [5.41, 5.74) is 0.693. The number of piperidine rings is 1. The van der Waals surface area contributed by atoms with E-state index in [2.05, 4.69) is 4.72 Å². The van der Waals surface area contributed by atoms with Crippen molar-refractivity contribution in [3.8, 4) is 0 Å². The van der Waals surface area contributed by atoms with Gasteiger partial charge in [0.15, 0.2) is 5.76 Å². The largest absolute Gasteiger partial charge is 0.451 e. The van der Waals surface area contributed by atoms with Crippen LogP contribution in [0.2, 0.25) is 0 Å². The summed E-state index contributed by atoms with van der Waals surface area (Å²) in [6.45, 7) is 1.50. The number of furan rings is 1. The Bertz CT molecular complexity index is 1010. The van der Waals surface area contributed by atoms with Crippen molar-refractivity contribution in [3.63, 3.8) is 0 Å². The first-order valence-corrected chi connectivity index (χ1v) is 11.2. The number of sulfonamides is 1. The summed E-state index contributed by atoms with van der Waals surface area (Å²) in [5, 5.41) is 2.64. The first-order chi connectivity index (χ1) is 13.0. The number of carbonyl (C=O) groups excluding carboxylic acids is 1. The summed E-state index contributed by atoms with van der Waals surface area (Å²) in [5.74, 6) is 0.273. The minimum absolute atomic E-state index is 0.0850. The molecule has 4 rings (SSSR count). The summed E-state index contributed by atoms with van der Waals surface area (Å²) >= 11 is 1.19. The molecule has 8 heteroatoms. The van der Waals surface area contributed by atoms with Crippen LogP contribution in [-0.2, 0) is 10.0 Å². The van der Waals surface area contributed by atoms with E-state index in [1.165, 1.54) is 11.3 Å². The van der Waals surface area contributed by atoms with Crippen LogP contribution < -0.4 is 4.72 Å². The highest BCUT2D eigenvalue weighted by molar-refractivity contribution is 7.91. The Morgan fingerprint density at radius 3 is 2.89 bits per heavy atom. The van der Waals surface area contributed by atoms with Gasteiger partial charge in [0.1, 0.15) is 9.79 Å². The number of fused-ring (bicyclic) bond motifs is 1. The van der Waals surface area contributed by atoms with Crippen LogP contribution in [-0.4, -0.2) is 38.9 Å². The monoisotopic (exact) mass is 404 g/mol. The predicted octanol–water partition coefficient (Wildman–Crippen LogP) is 3.33. The zero-order valence-corrected chi connectivity index (χ0v) is 16.3. The molecule has 1 N–H and O–H groups in total. The van der Waals surface area contributed by atoms with Crippen LogP contribution in [0.3, 0.4) is 0 Å². The first-order valence-electron chi connectivity index (χ1n) is 8.84. The van der Waals surface area contributed by atoms with Gasteiger partial charge < -0.3 is 9.32 Å². The van der Waals surface area contributed by atoms with E-state index in [4.69, 9.17) is 4.42 Å². The van der Waals surface area contributed by atoms with Gasteiger partial charge in [0.2, 0.25) is 10.0 Å². The Hall–Kier alpha value is -2.16. The van der Waals surface area contributed by atoms with Gasteiger partial charge in [0, 0.05) is 25.0 Å². The van der Waals surface area contributed by atoms with Gasteiger partial charge in [-0.25, -0.2) is 13.1 Å². The Morgan fingerprint density at radius 2 is 2.11 bits per heavy atom. The van der Waals surface area contributed by atoms with Gasteiger partial charge >= 0.3 is 0 Å². The average Bonchev–Trinajstić information content (AvgIpc) is 3.36. The summed E-state index contributed by atoms with van der Waals surface area (Å²) in [6, 6.07) is 12.6. The fourth-order valence-corrected chi connectivity index (χ4v) is 5.53. The zero-order valence-electron chi connectivity index (χ0n) is 14.6. The van der Waals surface area contributed by atoms with Crippen molar-refractivity contribution < 1.29 is 17.6 Å². The molecule has 1 fully saturated rings. The van der Waals surface area contributed by atoms with E-state index in [0.29, 0.717) is 35.2 Å². The molecule has 0 saturated carbocycles. The number of para-hydroxylation sites is 1. The molecule has 0 radical (unpaired) electrons. The normalized spacial score (nSPS) is 18.1. The molecule has 1 saturated heterocycles. The number of amides is 1. The Morgan fingerprint density at radius 1 is 1.26 bits per heavy atom. The van der Waals surface area contributed by atoms with Crippen molar-refractivity contribution in [2.75, 3.05) is 19.6 Å². The molecule has 1 aromatic carbocycles. The topological polar surface area (TPSA) is 79.6 Å². The van der Waals surface area contributed by atoms with Gasteiger partial charge in [0.25, 0.3) is 5.91 Å². The standard InChI is InChI=1S/C19H20N2O4S2/c22-19(17-11-15-6-1-2-7-16(15)25-17)21-9-3-5-14(13-21)12-20-27(23,24)18-8-4-10-26-18/h1-2,4,6-8,10-11,14,20H,3,5,9,12-13H2/t14-/m0/s1. The van der Waals surface area contributed by atoms with Crippen molar-refractivity contribution in [1.82, 2.24) is 9.62 Å². The third kappa shape index (κ3) is 3.92. The average molecular weight is 405 g/mol. The van der Waals surface area contributed by atoms with E-state index in [-0.39, 0.29) is 11.8 Å². The summed E-state index contributed by atoms with van der Waals surface area (Å²) in [7, 11) is -3.48. The molecule has 1 atom stereocenters. The molecule has 0 spiro atoms. The van der Waals surface area contributed by atoms with Gasteiger partial charge in [-0.15, -0.1) is 11.3 Å². The molecule has 3 heterocycles. The summed E-state index contributed by atoms with van der Waals surface area (Å²) in [4.78, 5) is 14.6. The Kier molecular flexibility index (Phi) is 5.03. The Balaban J connectivity index is 1.41. The molecule has 0 aliphatic carbocycles. The van der Waals surface area contributed by atoms with Gasteiger partial charge in [0.05, 0.1) is 0 Å². The smallest absolute Gasteiger partial charge is 0.289 e. The third-order valence-electron chi connectivity index (χ3n) is 4.76. The van der Waals surface area contributed by atoms with Crippen molar-refractivity contribution in [2.24, 2.45) is 5.92 Å². The number of rotatable bonds is 5. The van der Waals surface area contributed by atoms with Crippen LogP contribution in [0.5, 0.6) is 0 Å². The van der Waals surface area contributed by atoms with Crippen LogP contribution in [0.25, 0.3) is 11.0 Å². The number of nitrogens with zero attached hydrogens (tertiary/aromatic N) is 1. The molecule has 27 heavy (non-hydrogen) atoms. The van der Waals surface area contributed by atoms with E-state index in [0.717, 1.165) is 18.2 Å². The lowest BCUT2D eigenvalue weighted by Crippen LogP contribution is -2.43. The molecule has 0 unspecified atom stereocenters. The lowest BCUT2D eigenvalue weighted by molar-refractivity contribution is 0.0646. The predicted molar refractivity (Wildman–Crippen MR) is 104 cm³/mol. The molecular formula is C19H20N2O4S2. The number of benzene rings is 1. The van der Waals surface area contributed by atoms with Crippen LogP contribution in [0.1, 0.15) is 23.4 Å². The van der Waals surface area contributed by atoms with E-state index in [9.17, 15) is 13.2 Å². The summed E-state index contributed by atoms with van der Waals surface area (Å²) in [6.07, 6.45) is 1.73. The van der Waals surface area contributed by atoms with Gasteiger partial charge in [-0.1, -0.05) is 24.3 Å². The molecule has 2 aromatic heterocycles. The van der Waals surface area contributed by atoms with E-state index >= 15 is 0 Å². The highest BCUT2D eigenvalue weighted by Crippen LogP contribution is 2.23. The number of hydrogen-bond acceptors (Lipinski definition) is 5. The fourth-order valence-electron chi connectivity index (χ4n) is 3.37. The molecule has 3 aromatic rings. The second kappa shape index (κ2) is 7.46. The van der Waals surface area contributed by atoms with Crippen molar-refractivity contribution >= 4 is 38.2 Å². The highest BCUT2D eigenvalue weighted by Gasteiger charge is 2.27. The number of nitrogens with one attached hydrogen (secondary N) is 1. The van der Waals surface area contributed by atoms with Gasteiger partial charge in [-0.3, -0.25) is 4.79 Å². The van der Waals surface area contributed by atoms with Crippen LogP contribution in [0.15, 0.2) is 56.5 Å². The van der Waals surface area contributed by atoms with Gasteiger partial charge in [-0.05, 0) is 42.3 Å². The first kappa shape index (κ1) is 18.2. The van der Waals surface area contributed by atoms with Crippen molar-refractivity contribution in [3.05, 3.63) is 53.6 Å². The second-order valence-corrected chi connectivity index (χ2v) is 9.63. The maximum absolute atomic E-state index is 12.8. The molecule has 1 amide bonds. The highest BCUT2D eigenvalue weighted by atomic mass is 32.2. The van der Waals surface area contributed by atoms with Crippen molar-refractivity contribution in [1.29, 1.82) is 0 Å². The van der Waals surface area contributed by atoms with E-state index in [1.54, 1.807) is 28.5 Å². The fraction of sp³-hybridized carbons (Fsp3) is 0.316. The number of thiophene rings is 1. The quantitative estimate of drug-likeness (QED) is 0.707. The number of carbonyl (C=O) groups is 1. The maximum Gasteiger partial charge on any atom is 0.289 e. The van der Waals surface area contributed by atoms with E-state index < -0.39 is 10.0 Å². The molecule has 1 aliphatic rings. The van der Waals surface area contributed by atoms with Crippen LogP contribution in [0.4, 0.5) is 0 Å². The maximum atomic E-state index is 12.8. The molecule has 142 valence electrons. The SMILES string of the molecule is O=C(c1cc2ccccc2o1)N1CCC[C@@H](CNS(=O)(=O)c2cccs2)C1. The van der Waals surface area contributed by atoms with Crippen molar-refractivity contribution in [2.45, 2.75) is 17.1 Å². The minimum atomic E-state index is -3.48. The third-order valence-corrected chi connectivity index (χ3v) is 7.59. The summed E-state index contributed by atoms with van der Waals surface area (Å²) < 4.78 is 33.2. The molecule has 0 bridgehead atoms. The van der Waals surface area contributed by atoms with E-state index in [1.807, 2.05) is 24.3 Å². The molecule has 6 nitrogen and oxygen atoms in total.